The van der Waals surface area contributed by atoms with Gasteiger partial charge in [-0.25, -0.2) is 4.39 Å². The average molecular weight is 364 g/mol. The molecule has 1 aromatic carbocycles. The molecule has 2 rings (SSSR count). The summed E-state index contributed by atoms with van der Waals surface area (Å²) in [7, 11) is 0. The van der Waals surface area contributed by atoms with E-state index in [4.69, 9.17) is 0 Å². The summed E-state index contributed by atoms with van der Waals surface area (Å²) in [4.78, 5) is 0. The van der Waals surface area contributed by atoms with E-state index >= 15 is 0 Å². The molecule has 1 aliphatic heterocycles. The molecule has 7 heteroatoms. The van der Waals surface area contributed by atoms with E-state index in [1.165, 1.54) is 25.6 Å². The smallest absolute Gasteiger partial charge is 0.417 e. The molecule has 2 unspecified atom stereocenters. The summed E-state index contributed by atoms with van der Waals surface area (Å²) < 4.78 is 54.2. The lowest BCUT2D eigenvalue weighted by molar-refractivity contribution is -0.271. The van der Waals surface area contributed by atoms with E-state index < -0.39 is 35.9 Å². The minimum atomic E-state index is -4.83. The molecule has 24 heavy (non-hydrogen) atoms. The van der Waals surface area contributed by atoms with Crippen molar-refractivity contribution >= 4 is 11.8 Å². The van der Waals surface area contributed by atoms with Crippen molar-refractivity contribution in [2.24, 2.45) is 5.92 Å². The SMILES string of the molecule is CC(C)(CC(O)(CC1C=CSC1)C(F)(F)F)c1cc(F)ccc1O. The van der Waals surface area contributed by atoms with E-state index in [-0.39, 0.29) is 17.2 Å². The first-order valence-electron chi connectivity index (χ1n) is 7.51. The molecular weight excluding hydrogens is 344 g/mol. The monoisotopic (exact) mass is 364 g/mol. The van der Waals surface area contributed by atoms with Gasteiger partial charge in [0.05, 0.1) is 0 Å². The molecule has 0 aromatic heterocycles. The van der Waals surface area contributed by atoms with Gasteiger partial charge < -0.3 is 10.2 Å². The largest absolute Gasteiger partial charge is 0.508 e. The summed E-state index contributed by atoms with van der Waals surface area (Å²) in [6.45, 7) is 2.91. The van der Waals surface area contributed by atoms with Crippen LogP contribution in [0, 0.1) is 11.7 Å². The minimum absolute atomic E-state index is 0.0431. The van der Waals surface area contributed by atoms with Crippen molar-refractivity contribution in [1.29, 1.82) is 0 Å². The van der Waals surface area contributed by atoms with Crippen molar-refractivity contribution in [1.82, 2.24) is 0 Å². The summed E-state index contributed by atoms with van der Waals surface area (Å²) in [5.74, 6) is -0.827. The summed E-state index contributed by atoms with van der Waals surface area (Å²) in [5.41, 5.74) is -4.15. The lowest BCUT2D eigenvalue weighted by atomic mass is 9.72. The van der Waals surface area contributed by atoms with Gasteiger partial charge in [-0.15, -0.1) is 11.8 Å². The van der Waals surface area contributed by atoms with Crippen LogP contribution < -0.4 is 0 Å². The molecular formula is C17H20F4O2S. The Balaban J connectivity index is 2.33. The van der Waals surface area contributed by atoms with Gasteiger partial charge in [0.25, 0.3) is 0 Å². The fourth-order valence-corrected chi connectivity index (χ4v) is 4.05. The minimum Gasteiger partial charge on any atom is -0.508 e. The standard InChI is InChI=1S/C17H20F4O2S/c1-15(2,13-7-12(18)3-4-14(13)22)10-16(23,17(19,20)21)8-11-5-6-24-9-11/h3-7,11,22-23H,8-10H2,1-2H3. The number of hydrogen-bond acceptors (Lipinski definition) is 3. The van der Waals surface area contributed by atoms with Crippen LogP contribution in [0.15, 0.2) is 29.7 Å². The average Bonchev–Trinajstić information content (AvgIpc) is 2.92. The van der Waals surface area contributed by atoms with E-state index in [0.29, 0.717) is 5.75 Å². The molecule has 0 radical (unpaired) electrons. The van der Waals surface area contributed by atoms with Gasteiger partial charge in [0, 0.05) is 11.3 Å². The van der Waals surface area contributed by atoms with Gasteiger partial charge in [0.2, 0.25) is 0 Å². The molecule has 0 aliphatic carbocycles. The van der Waals surface area contributed by atoms with Crippen molar-refractivity contribution in [3.05, 3.63) is 41.1 Å². The predicted molar refractivity (Wildman–Crippen MR) is 86.4 cm³/mol. The van der Waals surface area contributed by atoms with Crippen molar-refractivity contribution < 1.29 is 27.8 Å². The molecule has 134 valence electrons. The molecule has 0 bridgehead atoms. The van der Waals surface area contributed by atoms with Gasteiger partial charge in [-0.05, 0) is 47.8 Å². The highest BCUT2D eigenvalue weighted by atomic mass is 32.2. The Morgan fingerprint density at radius 1 is 1.25 bits per heavy atom. The first-order valence-corrected chi connectivity index (χ1v) is 8.56. The molecule has 1 heterocycles. The van der Waals surface area contributed by atoms with Crippen LogP contribution in [0.3, 0.4) is 0 Å². The number of hydrogen-bond donors (Lipinski definition) is 2. The number of benzene rings is 1. The molecule has 2 atom stereocenters. The van der Waals surface area contributed by atoms with E-state index in [2.05, 4.69) is 0 Å². The van der Waals surface area contributed by atoms with Crippen LogP contribution in [0.25, 0.3) is 0 Å². The van der Waals surface area contributed by atoms with Crippen LogP contribution >= 0.6 is 11.8 Å². The summed E-state index contributed by atoms with van der Waals surface area (Å²) in [6, 6.07) is 3.15. The molecule has 0 spiro atoms. The quantitative estimate of drug-likeness (QED) is 0.740. The second-order valence-corrected chi connectivity index (χ2v) is 7.82. The molecule has 2 nitrogen and oxygen atoms in total. The van der Waals surface area contributed by atoms with E-state index in [0.717, 1.165) is 18.2 Å². The Hall–Kier alpha value is -1.21. The molecule has 1 aromatic rings. The molecule has 0 saturated carbocycles. The van der Waals surface area contributed by atoms with Crippen molar-refractivity contribution in [3.8, 4) is 5.75 Å². The fraction of sp³-hybridized carbons (Fsp3) is 0.529. The zero-order valence-corrected chi connectivity index (χ0v) is 14.2. The second-order valence-electron chi connectivity index (χ2n) is 6.88. The number of allylic oxidation sites excluding steroid dienone is 1. The number of phenols is 1. The molecule has 0 amide bonds. The first-order chi connectivity index (χ1) is 10.9. The van der Waals surface area contributed by atoms with Crippen LogP contribution in [-0.2, 0) is 5.41 Å². The van der Waals surface area contributed by atoms with Gasteiger partial charge in [-0.2, -0.15) is 13.2 Å². The Kier molecular flexibility index (Phi) is 5.25. The van der Waals surface area contributed by atoms with Crippen molar-refractivity contribution in [3.63, 3.8) is 0 Å². The highest BCUT2D eigenvalue weighted by Crippen LogP contribution is 2.47. The Morgan fingerprint density at radius 2 is 1.92 bits per heavy atom. The number of aliphatic hydroxyl groups is 1. The third-order valence-corrected chi connectivity index (χ3v) is 5.28. The van der Waals surface area contributed by atoms with Crippen LogP contribution in [0.4, 0.5) is 17.6 Å². The summed E-state index contributed by atoms with van der Waals surface area (Å²) in [5, 5.41) is 22.1. The maximum Gasteiger partial charge on any atom is 0.417 e. The third-order valence-electron chi connectivity index (χ3n) is 4.31. The van der Waals surface area contributed by atoms with Crippen LogP contribution in [0.1, 0.15) is 32.3 Å². The number of phenolic OH excluding ortho intramolecular Hbond substituents is 1. The number of thioether (sulfide) groups is 1. The number of rotatable bonds is 5. The predicted octanol–water partition coefficient (Wildman–Crippen LogP) is 4.76. The van der Waals surface area contributed by atoms with Crippen molar-refractivity contribution in [2.45, 2.75) is 43.9 Å². The zero-order chi connectivity index (χ0) is 18.2. The first kappa shape index (κ1) is 19.1. The third kappa shape index (κ3) is 4.06. The maximum absolute atomic E-state index is 13.6. The second kappa shape index (κ2) is 6.59. The Morgan fingerprint density at radius 3 is 2.46 bits per heavy atom. The van der Waals surface area contributed by atoms with E-state index in [1.807, 2.05) is 0 Å². The molecule has 0 fully saturated rings. The zero-order valence-electron chi connectivity index (χ0n) is 13.4. The van der Waals surface area contributed by atoms with E-state index in [9.17, 15) is 27.8 Å². The van der Waals surface area contributed by atoms with Crippen LogP contribution in [-0.4, -0.2) is 27.7 Å². The fourth-order valence-electron chi connectivity index (χ4n) is 3.13. The van der Waals surface area contributed by atoms with Gasteiger partial charge in [-0.1, -0.05) is 19.9 Å². The topological polar surface area (TPSA) is 40.5 Å². The Bertz CT molecular complexity index is 628. The number of halogens is 4. The number of alkyl halides is 3. The lowest BCUT2D eigenvalue weighted by Gasteiger charge is -2.39. The highest BCUT2D eigenvalue weighted by Gasteiger charge is 2.56. The Labute approximate surface area is 142 Å². The van der Waals surface area contributed by atoms with Crippen LogP contribution in [0.5, 0.6) is 5.75 Å². The lowest BCUT2D eigenvalue weighted by Crippen LogP contribution is -2.50. The maximum atomic E-state index is 13.6. The molecule has 1 aliphatic rings. The van der Waals surface area contributed by atoms with Crippen LogP contribution in [0.2, 0.25) is 0 Å². The van der Waals surface area contributed by atoms with Gasteiger partial charge in [-0.3, -0.25) is 0 Å². The van der Waals surface area contributed by atoms with Gasteiger partial charge in [0.15, 0.2) is 5.60 Å². The summed E-state index contributed by atoms with van der Waals surface area (Å²) >= 11 is 1.40. The molecule has 2 N–H and O–H groups in total. The van der Waals surface area contributed by atoms with E-state index in [1.54, 1.807) is 11.5 Å². The van der Waals surface area contributed by atoms with Gasteiger partial charge >= 0.3 is 6.18 Å². The molecule has 0 saturated heterocycles. The normalized spacial score (nSPS) is 21.0. The van der Waals surface area contributed by atoms with Gasteiger partial charge in [0.1, 0.15) is 11.6 Å². The number of aromatic hydroxyl groups is 1. The highest BCUT2D eigenvalue weighted by molar-refractivity contribution is 8.02. The van der Waals surface area contributed by atoms with Crippen molar-refractivity contribution in [2.75, 3.05) is 5.75 Å². The summed E-state index contributed by atoms with van der Waals surface area (Å²) in [6.07, 6.45) is -4.29.